The molecule has 1 fully saturated rings. The first-order valence-electron chi connectivity index (χ1n) is 7.06. The van der Waals surface area contributed by atoms with Gasteiger partial charge in [-0.2, -0.15) is 0 Å². The van der Waals surface area contributed by atoms with Gasteiger partial charge in [0, 0.05) is 13.7 Å². The van der Waals surface area contributed by atoms with Crippen molar-refractivity contribution in [1.29, 1.82) is 0 Å². The van der Waals surface area contributed by atoms with Crippen molar-refractivity contribution >= 4 is 0 Å². The molecule has 0 aromatic heterocycles. The monoisotopic (exact) mass is 227 g/mol. The summed E-state index contributed by atoms with van der Waals surface area (Å²) in [6.07, 6.45) is 10.1. The lowest BCUT2D eigenvalue weighted by molar-refractivity contribution is 0.197. The SMILES string of the molecule is CCCC1CCCC(CNCCOC)CC1. The first-order chi connectivity index (χ1) is 7.86. The Morgan fingerprint density at radius 1 is 1.12 bits per heavy atom. The summed E-state index contributed by atoms with van der Waals surface area (Å²) in [6.45, 7) is 5.35. The van der Waals surface area contributed by atoms with Crippen LogP contribution in [0.1, 0.15) is 51.9 Å². The van der Waals surface area contributed by atoms with Crippen LogP contribution in [0.3, 0.4) is 0 Å². The van der Waals surface area contributed by atoms with E-state index in [1.54, 1.807) is 7.11 Å². The molecule has 1 rings (SSSR count). The van der Waals surface area contributed by atoms with Crippen LogP contribution in [-0.2, 0) is 4.74 Å². The number of methoxy groups -OCH3 is 1. The van der Waals surface area contributed by atoms with Gasteiger partial charge in [0.05, 0.1) is 6.61 Å². The second-order valence-corrected chi connectivity index (χ2v) is 5.23. The molecule has 2 nitrogen and oxygen atoms in total. The molecule has 1 N–H and O–H groups in total. The highest BCUT2D eigenvalue weighted by atomic mass is 16.5. The molecular formula is C14H29NO. The highest BCUT2D eigenvalue weighted by molar-refractivity contribution is 4.71. The van der Waals surface area contributed by atoms with Crippen molar-refractivity contribution in [2.24, 2.45) is 11.8 Å². The van der Waals surface area contributed by atoms with Crippen molar-refractivity contribution in [3.8, 4) is 0 Å². The molecule has 0 bridgehead atoms. The third-order valence-electron chi connectivity index (χ3n) is 3.82. The average molecular weight is 227 g/mol. The fourth-order valence-electron chi connectivity index (χ4n) is 2.84. The largest absolute Gasteiger partial charge is 0.383 e. The second kappa shape index (κ2) is 9.00. The van der Waals surface area contributed by atoms with E-state index in [0.717, 1.165) is 25.0 Å². The van der Waals surface area contributed by atoms with Crippen LogP contribution in [-0.4, -0.2) is 26.8 Å². The van der Waals surface area contributed by atoms with Crippen LogP contribution in [0.2, 0.25) is 0 Å². The van der Waals surface area contributed by atoms with E-state index in [1.807, 2.05) is 0 Å². The summed E-state index contributed by atoms with van der Waals surface area (Å²) in [5, 5.41) is 3.51. The van der Waals surface area contributed by atoms with Gasteiger partial charge in [-0.1, -0.05) is 39.0 Å². The fraction of sp³-hybridized carbons (Fsp3) is 1.00. The summed E-state index contributed by atoms with van der Waals surface area (Å²) in [5.74, 6) is 1.94. The Bertz CT molecular complexity index is 161. The molecule has 0 aromatic carbocycles. The molecule has 0 amide bonds. The molecule has 0 heterocycles. The van der Waals surface area contributed by atoms with Gasteiger partial charge < -0.3 is 10.1 Å². The zero-order chi connectivity index (χ0) is 11.6. The normalized spacial score (nSPS) is 26.6. The Morgan fingerprint density at radius 2 is 1.88 bits per heavy atom. The van der Waals surface area contributed by atoms with Crippen LogP contribution < -0.4 is 5.32 Å². The van der Waals surface area contributed by atoms with Crippen molar-refractivity contribution in [2.75, 3.05) is 26.8 Å². The van der Waals surface area contributed by atoms with Crippen molar-refractivity contribution in [1.82, 2.24) is 5.32 Å². The van der Waals surface area contributed by atoms with E-state index in [4.69, 9.17) is 4.74 Å². The molecular weight excluding hydrogens is 198 g/mol. The van der Waals surface area contributed by atoms with Crippen molar-refractivity contribution in [2.45, 2.75) is 51.9 Å². The molecule has 2 atom stereocenters. The van der Waals surface area contributed by atoms with Crippen molar-refractivity contribution in [3.63, 3.8) is 0 Å². The number of nitrogens with one attached hydrogen (secondary N) is 1. The summed E-state index contributed by atoms with van der Waals surface area (Å²) in [4.78, 5) is 0. The number of hydrogen-bond donors (Lipinski definition) is 1. The maximum absolute atomic E-state index is 5.04. The zero-order valence-corrected chi connectivity index (χ0v) is 11.1. The van der Waals surface area contributed by atoms with Gasteiger partial charge >= 0.3 is 0 Å². The van der Waals surface area contributed by atoms with E-state index in [0.29, 0.717) is 0 Å². The van der Waals surface area contributed by atoms with Crippen LogP contribution in [0.4, 0.5) is 0 Å². The van der Waals surface area contributed by atoms with Crippen LogP contribution in [0.25, 0.3) is 0 Å². The van der Waals surface area contributed by atoms with Crippen LogP contribution >= 0.6 is 0 Å². The van der Waals surface area contributed by atoms with E-state index < -0.39 is 0 Å². The van der Waals surface area contributed by atoms with E-state index in [2.05, 4.69) is 12.2 Å². The zero-order valence-electron chi connectivity index (χ0n) is 11.1. The molecule has 1 saturated carbocycles. The molecule has 0 aromatic rings. The number of rotatable bonds is 7. The smallest absolute Gasteiger partial charge is 0.0587 e. The van der Waals surface area contributed by atoms with E-state index >= 15 is 0 Å². The van der Waals surface area contributed by atoms with Crippen molar-refractivity contribution in [3.05, 3.63) is 0 Å². The second-order valence-electron chi connectivity index (χ2n) is 5.23. The van der Waals surface area contributed by atoms with Gasteiger partial charge in [-0.05, 0) is 31.2 Å². The number of ether oxygens (including phenoxy) is 1. The average Bonchev–Trinajstić information content (AvgIpc) is 2.51. The Labute approximate surface area is 101 Å². The van der Waals surface area contributed by atoms with E-state index in [-0.39, 0.29) is 0 Å². The molecule has 16 heavy (non-hydrogen) atoms. The number of hydrogen-bond acceptors (Lipinski definition) is 2. The summed E-state index contributed by atoms with van der Waals surface area (Å²) >= 11 is 0. The first kappa shape index (κ1) is 14.0. The molecule has 2 heteroatoms. The maximum atomic E-state index is 5.04. The Kier molecular flexibility index (Phi) is 7.87. The van der Waals surface area contributed by atoms with Gasteiger partial charge in [-0.25, -0.2) is 0 Å². The summed E-state index contributed by atoms with van der Waals surface area (Å²) in [6, 6.07) is 0. The lowest BCUT2D eigenvalue weighted by Gasteiger charge is -2.15. The minimum absolute atomic E-state index is 0.838. The highest BCUT2D eigenvalue weighted by Crippen LogP contribution is 2.29. The standard InChI is InChI=1S/C14H29NO/c1-3-5-13-6-4-7-14(9-8-13)12-15-10-11-16-2/h13-15H,3-12H2,1-2H3. The van der Waals surface area contributed by atoms with Crippen LogP contribution in [0.5, 0.6) is 0 Å². The van der Waals surface area contributed by atoms with E-state index in [9.17, 15) is 0 Å². The molecule has 1 aliphatic rings. The van der Waals surface area contributed by atoms with E-state index in [1.165, 1.54) is 51.5 Å². The fourth-order valence-corrected chi connectivity index (χ4v) is 2.84. The topological polar surface area (TPSA) is 21.3 Å². The van der Waals surface area contributed by atoms with Gasteiger partial charge in [0.25, 0.3) is 0 Å². The van der Waals surface area contributed by atoms with Gasteiger partial charge in [0.2, 0.25) is 0 Å². The van der Waals surface area contributed by atoms with Gasteiger partial charge in [-0.3, -0.25) is 0 Å². The summed E-state index contributed by atoms with van der Waals surface area (Å²) in [5.41, 5.74) is 0. The van der Waals surface area contributed by atoms with Crippen LogP contribution in [0.15, 0.2) is 0 Å². The molecule has 0 spiro atoms. The van der Waals surface area contributed by atoms with Crippen molar-refractivity contribution < 1.29 is 4.74 Å². The molecule has 1 aliphatic carbocycles. The predicted molar refractivity (Wildman–Crippen MR) is 69.7 cm³/mol. The lowest BCUT2D eigenvalue weighted by Crippen LogP contribution is -2.25. The van der Waals surface area contributed by atoms with Gasteiger partial charge in [-0.15, -0.1) is 0 Å². The molecule has 0 radical (unpaired) electrons. The Morgan fingerprint density at radius 3 is 2.62 bits per heavy atom. The summed E-state index contributed by atoms with van der Waals surface area (Å²) < 4.78 is 5.04. The summed E-state index contributed by atoms with van der Waals surface area (Å²) in [7, 11) is 1.77. The Balaban J connectivity index is 2.10. The minimum Gasteiger partial charge on any atom is -0.383 e. The first-order valence-corrected chi connectivity index (χ1v) is 7.06. The van der Waals surface area contributed by atoms with Crippen LogP contribution in [0, 0.1) is 11.8 Å². The third kappa shape index (κ3) is 5.86. The molecule has 2 unspecified atom stereocenters. The maximum Gasteiger partial charge on any atom is 0.0587 e. The third-order valence-corrected chi connectivity index (χ3v) is 3.82. The molecule has 96 valence electrons. The molecule has 0 saturated heterocycles. The van der Waals surface area contributed by atoms with Gasteiger partial charge in [0.1, 0.15) is 0 Å². The minimum atomic E-state index is 0.838. The molecule has 0 aliphatic heterocycles. The quantitative estimate of drug-likeness (QED) is 0.532. The lowest BCUT2D eigenvalue weighted by atomic mass is 9.94. The van der Waals surface area contributed by atoms with Gasteiger partial charge in [0.15, 0.2) is 0 Å². The Hall–Kier alpha value is -0.0800. The predicted octanol–water partition coefficient (Wildman–Crippen LogP) is 3.22. The highest BCUT2D eigenvalue weighted by Gasteiger charge is 2.17.